The molecule has 0 saturated heterocycles. The quantitative estimate of drug-likeness (QED) is 0.838. The molecule has 3 unspecified atom stereocenters. The minimum atomic E-state index is 0.122. The van der Waals surface area contributed by atoms with Crippen LogP contribution in [0.3, 0.4) is 0 Å². The van der Waals surface area contributed by atoms with E-state index in [-0.39, 0.29) is 6.61 Å². The van der Waals surface area contributed by atoms with Gasteiger partial charge in [0.1, 0.15) is 0 Å². The van der Waals surface area contributed by atoms with Crippen molar-refractivity contribution in [3.63, 3.8) is 0 Å². The first kappa shape index (κ1) is 12.4. The van der Waals surface area contributed by atoms with Gasteiger partial charge in [0.05, 0.1) is 6.61 Å². The van der Waals surface area contributed by atoms with Crippen molar-refractivity contribution in [1.29, 1.82) is 0 Å². The number of benzene rings is 1. The van der Waals surface area contributed by atoms with Gasteiger partial charge in [-0.25, -0.2) is 0 Å². The molecule has 0 spiro atoms. The smallest absolute Gasteiger partial charge is 0.0681 e. The number of hydrogen-bond acceptors (Lipinski definition) is 2. The van der Waals surface area contributed by atoms with Gasteiger partial charge in [0.25, 0.3) is 0 Å². The van der Waals surface area contributed by atoms with Crippen LogP contribution in [0, 0.1) is 11.8 Å². The predicted molar refractivity (Wildman–Crippen MR) is 72.0 cm³/mol. The van der Waals surface area contributed by atoms with Crippen LogP contribution in [0.1, 0.15) is 38.7 Å². The highest BCUT2D eigenvalue weighted by molar-refractivity contribution is 5.45. The third-order valence-electron chi connectivity index (χ3n) is 3.95. The monoisotopic (exact) mass is 233 g/mol. The van der Waals surface area contributed by atoms with Crippen LogP contribution in [0.2, 0.25) is 0 Å². The Morgan fingerprint density at radius 3 is 2.53 bits per heavy atom. The summed E-state index contributed by atoms with van der Waals surface area (Å²) in [5.74, 6) is 1.59. The molecule has 0 amide bonds. The van der Waals surface area contributed by atoms with Crippen molar-refractivity contribution in [2.24, 2.45) is 11.8 Å². The second kappa shape index (κ2) is 5.54. The van der Waals surface area contributed by atoms with E-state index in [4.69, 9.17) is 5.11 Å². The number of anilines is 1. The summed E-state index contributed by atoms with van der Waals surface area (Å²) in [6.45, 7) is 4.80. The van der Waals surface area contributed by atoms with Crippen LogP contribution in [-0.2, 0) is 6.61 Å². The van der Waals surface area contributed by atoms with Crippen LogP contribution in [0.5, 0.6) is 0 Å². The van der Waals surface area contributed by atoms with Gasteiger partial charge in [0, 0.05) is 11.7 Å². The number of nitrogens with one attached hydrogen (secondary N) is 1. The molecule has 1 fully saturated rings. The maximum Gasteiger partial charge on any atom is 0.0681 e. The Morgan fingerprint density at radius 2 is 1.88 bits per heavy atom. The maximum absolute atomic E-state index is 9.01. The van der Waals surface area contributed by atoms with Crippen molar-refractivity contribution in [2.75, 3.05) is 5.32 Å². The first-order valence-corrected chi connectivity index (χ1v) is 6.65. The highest BCUT2D eigenvalue weighted by Gasteiger charge is 2.25. The van der Waals surface area contributed by atoms with Crippen LogP contribution in [0.15, 0.2) is 24.3 Å². The fraction of sp³-hybridized carbons (Fsp3) is 0.600. The number of hydrogen-bond donors (Lipinski definition) is 2. The lowest BCUT2D eigenvalue weighted by Gasteiger charge is -2.34. The summed E-state index contributed by atoms with van der Waals surface area (Å²) in [5, 5.41) is 12.6. The van der Waals surface area contributed by atoms with Gasteiger partial charge in [-0.2, -0.15) is 0 Å². The summed E-state index contributed by atoms with van der Waals surface area (Å²) in [5.41, 5.74) is 2.15. The van der Waals surface area contributed by atoms with Crippen LogP contribution in [0.4, 0.5) is 5.69 Å². The normalized spacial score (nSPS) is 29.0. The Labute approximate surface area is 104 Å². The highest BCUT2D eigenvalue weighted by Crippen LogP contribution is 2.30. The fourth-order valence-electron chi connectivity index (χ4n) is 2.65. The molecule has 0 aromatic heterocycles. The molecule has 1 aromatic rings. The molecule has 2 rings (SSSR count). The zero-order valence-corrected chi connectivity index (χ0v) is 10.8. The van der Waals surface area contributed by atoms with Gasteiger partial charge in [-0.15, -0.1) is 0 Å². The molecule has 1 saturated carbocycles. The van der Waals surface area contributed by atoms with Crippen LogP contribution in [0.25, 0.3) is 0 Å². The van der Waals surface area contributed by atoms with E-state index in [9.17, 15) is 0 Å². The molecular weight excluding hydrogens is 210 g/mol. The molecule has 0 bridgehead atoms. The molecule has 17 heavy (non-hydrogen) atoms. The van der Waals surface area contributed by atoms with Gasteiger partial charge in [-0.05, 0) is 42.4 Å². The molecule has 3 atom stereocenters. The third-order valence-corrected chi connectivity index (χ3v) is 3.95. The van der Waals surface area contributed by atoms with Gasteiger partial charge in [0.2, 0.25) is 0 Å². The predicted octanol–water partition coefficient (Wildman–Crippen LogP) is 3.42. The van der Waals surface area contributed by atoms with Gasteiger partial charge in [-0.3, -0.25) is 0 Å². The molecule has 2 heteroatoms. The SMILES string of the molecule is CC1CCC(C)C(Nc2ccc(CO)cc2)C1. The molecular formula is C15H23NO. The van der Waals surface area contributed by atoms with E-state index >= 15 is 0 Å². The van der Waals surface area contributed by atoms with Crippen LogP contribution < -0.4 is 5.32 Å². The van der Waals surface area contributed by atoms with E-state index in [0.29, 0.717) is 6.04 Å². The molecule has 0 radical (unpaired) electrons. The summed E-state index contributed by atoms with van der Waals surface area (Å²) in [7, 11) is 0. The molecule has 94 valence electrons. The number of rotatable bonds is 3. The van der Waals surface area contributed by atoms with E-state index in [1.54, 1.807) is 0 Å². The Bertz CT molecular complexity index is 346. The standard InChI is InChI=1S/C15H23NO/c1-11-3-4-12(2)15(9-11)16-14-7-5-13(10-17)6-8-14/h5-8,11-12,15-17H,3-4,9-10H2,1-2H3. The lowest BCUT2D eigenvalue weighted by Crippen LogP contribution is -2.33. The summed E-state index contributed by atoms with van der Waals surface area (Å²) in [4.78, 5) is 0. The van der Waals surface area contributed by atoms with Gasteiger partial charge >= 0.3 is 0 Å². The second-order valence-electron chi connectivity index (χ2n) is 5.50. The minimum absolute atomic E-state index is 0.122. The second-order valence-corrected chi connectivity index (χ2v) is 5.50. The van der Waals surface area contributed by atoms with E-state index in [1.807, 2.05) is 12.1 Å². The molecule has 1 aliphatic carbocycles. The molecule has 0 heterocycles. The Morgan fingerprint density at radius 1 is 1.18 bits per heavy atom. The average molecular weight is 233 g/mol. The zero-order valence-electron chi connectivity index (χ0n) is 10.8. The molecule has 2 nitrogen and oxygen atoms in total. The molecule has 2 N–H and O–H groups in total. The van der Waals surface area contributed by atoms with Crippen molar-refractivity contribution >= 4 is 5.69 Å². The van der Waals surface area contributed by atoms with Gasteiger partial charge in [0.15, 0.2) is 0 Å². The largest absolute Gasteiger partial charge is 0.392 e. The molecule has 1 aliphatic rings. The van der Waals surface area contributed by atoms with E-state index < -0.39 is 0 Å². The Hall–Kier alpha value is -1.02. The summed E-state index contributed by atoms with van der Waals surface area (Å²) >= 11 is 0. The first-order valence-electron chi connectivity index (χ1n) is 6.65. The average Bonchev–Trinajstić information content (AvgIpc) is 2.35. The van der Waals surface area contributed by atoms with E-state index in [0.717, 1.165) is 17.4 Å². The van der Waals surface area contributed by atoms with Gasteiger partial charge < -0.3 is 10.4 Å². The van der Waals surface area contributed by atoms with Crippen LogP contribution in [-0.4, -0.2) is 11.1 Å². The van der Waals surface area contributed by atoms with Crippen molar-refractivity contribution in [2.45, 2.75) is 45.8 Å². The number of aliphatic hydroxyl groups excluding tert-OH is 1. The zero-order chi connectivity index (χ0) is 12.3. The van der Waals surface area contributed by atoms with Crippen molar-refractivity contribution in [1.82, 2.24) is 0 Å². The fourth-order valence-corrected chi connectivity index (χ4v) is 2.65. The lowest BCUT2D eigenvalue weighted by molar-refractivity contribution is 0.280. The van der Waals surface area contributed by atoms with Crippen molar-refractivity contribution < 1.29 is 5.11 Å². The van der Waals surface area contributed by atoms with Gasteiger partial charge in [-0.1, -0.05) is 32.4 Å². The third kappa shape index (κ3) is 3.22. The highest BCUT2D eigenvalue weighted by atomic mass is 16.3. The summed E-state index contributed by atoms with van der Waals surface area (Å²) < 4.78 is 0. The van der Waals surface area contributed by atoms with Crippen molar-refractivity contribution in [3.8, 4) is 0 Å². The molecule has 1 aromatic carbocycles. The summed E-state index contributed by atoms with van der Waals surface area (Å²) in [6.07, 6.45) is 3.96. The maximum atomic E-state index is 9.01. The first-order chi connectivity index (χ1) is 8.19. The minimum Gasteiger partial charge on any atom is -0.392 e. The number of aliphatic hydroxyl groups is 1. The van der Waals surface area contributed by atoms with Crippen LogP contribution >= 0.6 is 0 Å². The van der Waals surface area contributed by atoms with Crippen molar-refractivity contribution in [3.05, 3.63) is 29.8 Å². The Kier molecular flexibility index (Phi) is 4.06. The topological polar surface area (TPSA) is 32.3 Å². The summed E-state index contributed by atoms with van der Waals surface area (Å²) in [6, 6.07) is 8.70. The van der Waals surface area contributed by atoms with E-state index in [2.05, 4.69) is 31.3 Å². The Balaban J connectivity index is 1.98. The molecule has 0 aliphatic heterocycles. The lowest BCUT2D eigenvalue weighted by atomic mass is 9.80. The van der Waals surface area contributed by atoms with E-state index in [1.165, 1.54) is 24.9 Å².